The third-order valence-corrected chi connectivity index (χ3v) is 3.55. The number of terminal acetylenes is 1. The molecular weight excluding hydrogens is 208 g/mol. The lowest BCUT2D eigenvalue weighted by Gasteiger charge is -2.25. The smallest absolute Gasteiger partial charge is 0.167 e. The van der Waals surface area contributed by atoms with Gasteiger partial charge in [-0.05, 0) is 18.8 Å². The Hall–Kier alpha value is -1.47. The molecule has 1 nitrogen and oxygen atoms in total. The summed E-state index contributed by atoms with van der Waals surface area (Å²) in [6.07, 6.45) is 5.43. The van der Waals surface area contributed by atoms with E-state index >= 15 is 0 Å². The molecule has 0 fully saturated rings. The summed E-state index contributed by atoms with van der Waals surface area (Å²) >= 11 is 0. The first-order chi connectivity index (χ1) is 7.81. The summed E-state index contributed by atoms with van der Waals surface area (Å²) in [7, 11) is 0. The Morgan fingerprint density at radius 3 is 2.00 bits per heavy atom. The third kappa shape index (κ3) is 4.92. The molecule has 92 valence electrons. The van der Waals surface area contributed by atoms with Gasteiger partial charge in [-0.3, -0.25) is 4.79 Å². The van der Waals surface area contributed by atoms with Crippen LogP contribution in [-0.4, -0.2) is 5.78 Å². The van der Waals surface area contributed by atoms with Crippen molar-refractivity contribution in [3.8, 4) is 24.2 Å². The van der Waals surface area contributed by atoms with E-state index in [1.54, 1.807) is 0 Å². The van der Waals surface area contributed by atoms with Crippen molar-refractivity contribution in [2.45, 2.75) is 34.6 Å². The average molecular weight is 230 g/mol. The van der Waals surface area contributed by atoms with Gasteiger partial charge >= 0.3 is 0 Å². The molecular formula is C16H22O. The number of Topliss-reactive ketones (excluding diaryl/α,β-unsaturated/α-hetero) is 1. The van der Waals surface area contributed by atoms with Crippen LogP contribution in [0, 0.1) is 47.9 Å². The predicted molar refractivity (Wildman–Crippen MR) is 73.1 cm³/mol. The minimum Gasteiger partial charge on any atom is -0.294 e. The first kappa shape index (κ1) is 15.5. The molecule has 0 spiro atoms. The van der Waals surface area contributed by atoms with Crippen LogP contribution in [-0.2, 0) is 4.79 Å². The van der Waals surface area contributed by atoms with Gasteiger partial charge in [0.2, 0.25) is 0 Å². The maximum atomic E-state index is 11.0. The fourth-order valence-electron chi connectivity index (χ4n) is 1.48. The largest absolute Gasteiger partial charge is 0.294 e. The predicted octanol–water partition coefficient (Wildman–Crippen LogP) is 3.31. The summed E-state index contributed by atoms with van der Waals surface area (Å²) in [5, 5.41) is 0. The van der Waals surface area contributed by atoms with Crippen LogP contribution >= 0.6 is 0 Å². The third-order valence-electron chi connectivity index (χ3n) is 3.55. The molecule has 0 aromatic carbocycles. The van der Waals surface area contributed by atoms with E-state index in [1.165, 1.54) is 6.92 Å². The molecule has 0 aromatic heterocycles. The van der Waals surface area contributed by atoms with Crippen LogP contribution in [0.4, 0.5) is 0 Å². The molecule has 0 saturated carbocycles. The summed E-state index contributed by atoms with van der Waals surface area (Å²) in [4.78, 5) is 11.0. The topological polar surface area (TPSA) is 17.1 Å². The Morgan fingerprint density at radius 2 is 1.59 bits per heavy atom. The van der Waals surface area contributed by atoms with Gasteiger partial charge in [0.1, 0.15) is 0 Å². The second-order valence-corrected chi connectivity index (χ2v) is 4.77. The van der Waals surface area contributed by atoms with Gasteiger partial charge in [-0.15, -0.1) is 12.3 Å². The Morgan fingerprint density at radius 1 is 1.12 bits per heavy atom. The zero-order valence-corrected chi connectivity index (χ0v) is 11.5. The SMILES string of the molecule is C#CC(C)C(C)C(C)C(C)C#CC(=C)C(C)=O. The molecule has 0 N–H and O–H groups in total. The highest BCUT2D eigenvalue weighted by Crippen LogP contribution is 2.26. The van der Waals surface area contributed by atoms with Crippen molar-refractivity contribution < 1.29 is 4.79 Å². The Labute approximate surface area is 106 Å². The fraction of sp³-hybridized carbons (Fsp3) is 0.562. The molecule has 0 aromatic rings. The second kappa shape index (κ2) is 6.97. The highest BCUT2D eigenvalue weighted by molar-refractivity contribution is 5.96. The highest BCUT2D eigenvalue weighted by atomic mass is 16.1. The molecule has 0 saturated heterocycles. The highest BCUT2D eigenvalue weighted by Gasteiger charge is 2.21. The molecule has 0 amide bonds. The summed E-state index contributed by atoms with van der Waals surface area (Å²) in [6, 6.07) is 0. The van der Waals surface area contributed by atoms with Crippen LogP contribution < -0.4 is 0 Å². The normalized spacial score (nSPS) is 16.7. The number of rotatable bonds is 4. The monoisotopic (exact) mass is 230 g/mol. The molecule has 0 radical (unpaired) electrons. The van der Waals surface area contributed by atoms with E-state index in [0.717, 1.165) is 0 Å². The van der Waals surface area contributed by atoms with Crippen LogP contribution in [0.3, 0.4) is 0 Å². The number of carbonyl (C=O) groups excluding carboxylic acids is 1. The van der Waals surface area contributed by atoms with Gasteiger partial charge in [0, 0.05) is 11.8 Å². The molecule has 4 atom stereocenters. The second-order valence-electron chi connectivity index (χ2n) is 4.77. The van der Waals surface area contributed by atoms with E-state index in [9.17, 15) is 4.79 Å². The van der Waals surface area contributed by atoms with Crippen molar-refractivity contribution in [2.24, 2.45) is 23.7 Å². The molecule has 0 aliphatic rings. The van der Waals surface area contributed by atoms with Crippen LogP contribution in [0.2, 0.25) is 0 Å². The minimum absolute atomic E-state index is 0.0672. The Kier molecular flexibility index (Phi) is 6.37. The van der Waals surface area contributed by atoms with E-state index in [0.29, 0.717) is 17.4 Å². The van der Waals surface area contributed by atoms with E-state index in [4.69, 9.17) is 6.42 Å². The van der Waals surface area contributed by atoms with E-state index in [1.807, 2.05) is 0 Å². The quantitative estimate of drug-likeness (QED) is 0.535. The molecule has 0 aliphatic carbocycles. The maximum Gasteiger partial charge on any atom is 0.167 e. The summed E-state index contributed by atoms with van der Waals surface area (Å²) < 4.78 is 0. The zero-order valence-electron chi connectivity index (χ0n) is 11.5. The molecule has 0 rings (SSSR count). The summed E-state index contributed by atoms with van der Waals surface area (Å²) in [5.74, 6) is 9.86. The van der Waals surface area contributed by atoms with Gasteiger partial charge in [-0.1, -0.05) is 46.1 Å². The number of hydrogen-bond donors (Lipinski definition) is 0. The number of carbonyl (C=O) groups is 1. The molecule has 0 bridgehead atoms. The van der Waals surface area contributed by atoms with Crippen molar-refractivity contribution in [1.82, 2.24) is 0 Å². The number of allylic oxidation sites excluding steroid dienone is 1. The van der Waals surface area contributed by atoms with Gasteiger partial charge in [-0.2, -0.15) is 0 Å². The van der Waals surface area contributed by atoms with Crippen LogP contribution in [0.5, 0.6) is 0 Å². The van der Waals surface area contributed by atoms with Crippen molar-refractivity contribution in [3.63, 3.8) is 0 Å². The first-order valence-corrected chi connectivity index (χ1v) is 5.98. The summed E-state index contributed by atoms with van der Waals surface area (Å²) in [5.41, 5.74) is 0.377. The zero-order chi connectivity index (χ0) is 13.6. The van der Waals surface area contributed by atoms with Gasteiger partial charge in [0.15, 0.2) is 5.78 Å². The summed E-state index contributed by atoms with van der Waals surface area (Å²) in [6.45, 7) is 13.5. The lowest BCUT2D eigenvalue weighted by molar-refractivity contribution is -0.113. The van der Waals surface area contributed by atoms with Crippen molar-refractivity contribution >= 4 is 5.78 Å². The van der Waals surface area contributed by atoms with Gasteiger partial charge in [-0.25, -0.2) is 0 Å². The number of hydrogen-bond acceptors (Lipinski definition) is 1. The molecule has 0 aliphatic heterocycles. The minimum atomic E-state index is -0.0672. The van der Waals surface area contributed by atoms with Crippen molar-refractivity contribution in [1.29, 1.82) is 0 Å². The molecule has 17 heavy (non-hydrogen) atoms. The Balaban J connectivity index is 4.62. The van der Waals surface area contributed by atoms with Crippen LogP contribution in [0.15, 0.2) is 12.2 Å². The van der Waals surface area contributed by atoms with Crippen molar-refractivity contribution in [2.75, 3.05) is 0 Å². The van der Waals surface area contributed by atoms with Crippen molar-refractivity contribution in [3.05, 3.63) is 12.2 Å². The van der Waals surface area contributed by atoms with E-state index < -0.39 is 0 Å². The Bertz CT molecular complexity index is 386. The van der Waals surface area contributed by atoms with Gasteiger partial charge in [0.25, 0.3) is 0 Å². The van der Waals surface area contributed by atoms with Gasteiger partial charge in [0.05, 0.1) is 5.57 Å². The average Bonchev–Trinajstić information content (AvgIpc) is 2.32. The van der Waals surface area contributed by atoms with Gasteiger partial charge < -0.3 is 0 Å². The lowest BCUT2D eigenvalue weighted by atomic mass is 9.79. The lowest BCUT2D eigenvalue weighted by Crippen LogP contribution is -2.20. The molecule has 4 unspecified atom stereocenters. The molecule has 1 heteroatoms. The maximum absolute atomic E-state index is 11.0. The van der Waals surface area contributed by atoms with Crippen LogP contribution in [0.1, 0.15) is 34.6 Å². The first-order valence-electron chi connectivity index (χ1n) is 5.98. The fourth-order valence-corrected chi connectivity index (χ4v) is 1.48. The van der Waals surface area contributed by atoms with E-state index in [-0.39, 0.29) is 17.6 Å². The van der Waals surface area contributed by atoms with Crippen LogP contribution in [0.25, 0.3) is 0 Å². The number of ketones is 1. The standard InChI is InChI=1S/C16H22O/c1-8-11(2)14(5)15(6)12(3)9-10-13(4)16(7)17/h1,11-12,14-15H,4H2,2-3,5-7H3. The van der Waals surface area contributed by atoms with E-state index in [2.05, 4.69) is 52.0 Å². The molecule has 0 heterocycles.